The summed E-state index contributed by atoms with van der Waals surface area (Å²) in [5.41, 5.74) is 14.6. The van der Waals surface area contributed by atoms with Gasteiger partial charge in [-0.1, -0.05) is 24.3 Å². The van der Waals surface area contributed by atoms with Crippen molar-refractivity contribution in [3.63, 3.8) is 0 Å². The molecule has 3 unspecified atom stereocenters. The molecule has 28 heavy (non-hydrogen) atoms. The second-order valence-electron chi connectivity index (χ2n) is 5.99. The summed E-state index contributed by atoms with van der Waals surface area (Å²) in [5.74, 6) is -5.79. The Morgan fingerprint density at radius 2 is 1.89 bits per heavy atom. The zero-order valence-corrected chi connectivity index (χ0v) is 15.2. The molecule has 0 bridgehead atoms. The molecular weight excluding hydrogens is 370 g/mol. The first kappa shape index (κ1) is 22.9. The first-order valence-electron chi connectivity index (χ1n) is 8.08. The third-order valence-electron chi connectivity index (χ3n) is 4.11. The zero-order chi connectivity index (χ0) is 21.5. The van der Waals surface area contributed by atoms with Gasteiger partial charge in [0.15, 0.2) is 11.3 Å². The topological polar surface area (TPSA) is 212 Å². The number of nitrogen functional groups attached to an aromatic ring is 1. The number of carboxylic acids is 1. The Morgan fingerprint density at radius 3 is 2.32 bits per heavy atom. The van der Waals surface area contributed by atoms with Crippen molar-refractivity contribution < 1.29 is 29.0 Å². The Morgan fingerprint density at radius 1 is 1.32 bits per heavy atom. The fraction of sp³-hybridized carbons (Fsp3) is 0.353. The number of ketones is 1. The lowest BCUT2D eigenvalue weighted by molar-refractivity contribution is -0.153. The lowest BCUT2D eigenvalue weighted by Crippen LogP contribution is -2.66. The molecule has 0 heterocycles. The van der Waals surface area contributed by atoms with E-state index >= 15 is 0 Å². The number of aliphatic carboxylic acids is 1. The normalized spacial score (nSPS) is 15.0. The van der Waals surface area contributed by atoms with Crippen LogP contribution in [-0.2, 0) is 23.9 Å². The van der Waals surface area contributed by atoms with Crippen molar-refractivity contribution in [2.24, 2.45) is 17.2 Å². The number of methoxy groups -OCH3 is 1. The first-order chi connectivity index (χ1) is 13.1. The van der Waals surface area contributed by atoms with E-state index in [0.29, 0.717) is 11.8 Å². The largest absolute Gasteiger partial charge is 0.480 e. The molecule has 0 saturated carbocycles. The van der Waals surface area contributed by atoms with E-state index in [0.717, 1.165) is 0 Å². The van der Waals surface area contributed by atoms with Gasteiger partial charge in [0.05, 0.1) is 12.0 Å². The maximum atomic E-state index is 12.7. The van der Waals surface area contributed by atoms with Gasteiger partial charge in [0.2, 0.25) is 5.91 Å². The quantitative estimate of drug-likeness (QED) is 0.0808. The van der Waals surface area contributed by atoms with E-state index in [9.17, 15) is 24.3 Å². The van der Waals surface area contributed by atoms with Crippen molar-refractivity contribution in [1.29, 1.82) is 5.41 Å². The van der Waals surface area contributed by atoms with Gasteiger partial charge in [0.1, 0.15) is 18.9 Å². The molecular formula is C17H23N5O6. The Labute approximate surface area is 160 Å². The smallest absolute Gasteiger partial charge is 0.332 e. The Balaban J connectivity index is 3.54. The number of amidine groups is 1. The summed E-state index contributed by atoms with van der Waals surface area (Å²) >= 11 is 0. The van der Waals surface area contributed by atoms with Gasteiger partial charge < -0.3 is 37.2 Å². The van der Waals surface area contributed by atoms with Crippen molar-refractivity contribution in [3.05, 3.63) is 35.4 Å². The van der Waals surface area contributed by atoms with Gasteiger partial charge in [-0.15, -0.1) is 0 Å². The van der Waals surface area contributed by atoms with Gasteiger partial charge in [-0.25, -0.2) is 4.79 Å². The predicted octanol–water partition coefficient (Wildman–Crippen LogP) is -1.96. The standard InChI is InChI=1S/C17H23N5O6/c1-28-8-22-15(25)12(9-2-4-10(5-3-9)14(19)20)17(21,16(26)27)13(24)11(18)6-7-23/h2-5,7,11-12H,6,8,18,21H2,1H3,(H3,19,20)(H,22,25)(H,26,27). The van der Waals surface area contributed by atoms with Gasteiger partial charge >= 0.3 is 5.97 Å². The highest BCUT2D eigenvalue weighted by Gasteiger charge is 2.54. The number of nitrogens with one attached hydrogen (secondary N) is 2. The molecule has 0 fully saturated rings. The molecule has 1 amide bonds. The van der Waals surface area contributed by atoms with Crippen LogP contribution in [0.2, 0.25) is 0 Å². The van der Waals surface area contributed by atoms with Gasteiger partial charge in [-0.3, -0.25) is 15.0 Å². The number of ether oxygens (including phenoxy) is 1. The number of hydrogen-bond acceptors (Lipinski definition) is 8. The van der Waals surface area contributed by atoms with Crippen LogP contribution in [0.3, 0.4) is 0 Å². The third kappa shape index (κ3) is 4.76. The molecule has 1 aromatic carbocycles. The maximum absolute atomic E-state index is 12.7. The monoisotopic (exact) mass is 393 g/mol. The van der Waals surface area contributed by atoms with Crippen LogP contribution in [0.5, 0.6) is 0 Å². The second-order valence-corrected chi connectivity index (χ2v) is 5.99. The summed E-state index contributed by atoms with van der Waals surface area (Å²) in [4.78, 5) is 48.1. The molecule has 0 radical (unpaired) electrons. The first-order valence-corrected chi connectivity index (χ1v) is 8.08. The number of carboxylic acid groups (broad SMARTS) is 1. The highest BCUT2D eigenvalue weighted by atomic mass is 16.5. The van der Waals surface area contributed by atoms with Crippen molar-refractivity contribution in [2.75, 3.05) is 13.8 Å². The van der Waals surface area contributed by atoms with Crippen LogP contribution in [0.1, 0.15) is 23.5 Å². The van der Waals surface area contributed by atoms with E-state index < -0.39 is 41.6 Å². The van der Waals surface area contributed by atoms with E-state index in [1.54, 1.807) is 0 Å². The number of carbonyl (C=O) groups is 4. The van der Waals surface area contributed by atoms with E-state index in [4.69, 9.17) is 27.3 Å². The summed E-state index contributed by atoms with van der Waals surface area (Å²) in [6.07, 6.45) is -0.104. The molecule has 1 aromatic rings. The summed E-state index contributed by atoms with van der Waals surface area (Å²) in [6, 6.07) is 3.92. The SMILES string of the molecule is COCNC(=O)C(c1ccc(C(=N)N)cc1)C(N)(C(=O)O)C(=O)C(N)CC=O. The van der Waals surface area contributed by atoms with Crippen LogP contribution >= 0.6 is 0 Å². The van der Waals surface area contributed by atoms with Gasteiger partial charge in [-0.05, 0) is 5.56 Å². The third-order valence-corrected chi connectivity index (χ3v) is 4.11. The lowest BCUT2D eigenvalue weighted by Gasteiger charge is -2.33. The van der Waals surface area contributed by atoms with Crippen LogP contribution in [0.15, 0.2) is 24.3 Å². The maximum Gasteiger partial charge on any atom is 0.332 e. The van der Waals surface area contributed by atoms with Crippen LogP contribution in [0.25, 0.3) is 0 Å². The number of hydrogen-bond donors (Lipinski definition) is 6. The molecule has 1 rings (SSSR count). The number of benzene rings is 1. The number of aldehydes is 1. The molecule has 0 saturated heterocycles. The minimum absolute atomic E-state index is 0.0788. The molecule has 0 aliphatic carbocycles. The van der Waals surface area contributed by atoms with Gasteiger partial charge in [-0.2, -0.15) is 0 Å². The lowest BCUT2D eigenvalue weighted by atomic mass is 9.74. The molecule has 11 nitrogen and oxygen atoms in total. The Bertz CT molecular complexity index is 766. The molecule has 3 atom stereocenters. The van der Waals surface area contributed by atoms with Crippen LogP contribution in [0, 0.1) is 5.41 Å². The minimum atomic E-state index is -2.75. The number of amides is 1. The van der Waals surface area contributed by atoms with Crippen LogP contribution < -0.4 is 22.5 Å². The van der Waals surface area contributed by atoms with E-state index in [2.05, 4.69) is 5.32 Å². The molecule has 0 aliphatic heterocycles. The van der Waals surface area contributed by atoms with Crippen LogP contribution in [0.4, 0.5) is 0 Å². The van der Waals surface area contributed by atoms with E-state index in [1.807, 2.05) is 0 Å². The van der Waals surface area contributed by atoms with Gasteiger partial charge in [0.25, 0.3) is 0 Å². The summed E-state index contributed by atoms with van der Waals surface area (Å²) in [6.45, 7) is -0.259. The van der Waals surface area contributed by atoms with Crippen molar-refractivity contribution in [2.45, 2.75) is 23.9 Å². The Kier molecular flexibility index (Phi) is 7.92. The molecule has 11 heteroatoms. The van der Waals surface area contributed by atoms with Crippen molar-refractivity contribution >= 4 is 29.8 Å². The summed E-state index contributed by atoms with van der Waals surface area (Å²) in [5, 5.41) is 19.4. The molecule has 9 N–H and O–H groups in total. The van der Waals surface area contributed by atoms with Crippen molar-refractivity contribution in [3.8, 4) is 0 Å². The summed E-state index contributed by atoms with van der Waals surface area (Å²) < 4.78 is 4.75. The van der Waals surface area contributed by atoms with Gasteiger partial charge in [0, 0.05) is 19.1 Å². The predicted molar refractivity (Wildman–Crippen MR) is 98.4 cm³/mol. The number of carbonyl (C=O) groups excluding carboxylic acids is 3. The fourth-order valence-electron chi connectivity index (χ4n) is 2.61. The fourth-order valence-corrected chi connectivity index (χ4v) is 2.61. The average Bonchev–Trinajstić information content (AvgIpc) is 2.66. The molecule has 0 aliphatic rings. The minimum Gasteiger partial charge on any atom is -0.480 e. The second kappa shape index (κ2) is 9.69. The average molecular weight is 393 g/mol. The molecule has 0 spiro atoms. The van der Waals surface area contributed by atoms with Crippen molar-refractivity contribution in [1.82, 2.24) is 5.32 Å². The van der Waals surface area contributed by atoms with Crippen LogP contribution in [-0.4, -0.2) is 60.3 Å². The van der Waals surface area contributed by atoms with E-state index in [1.165, 1.54) is 31.4 Å². The number of nitrogens with two attached hydrogens (primary N) is 3. The molecule has 152 valence electrons. The zero-order valence-electron chi connectivity index (χ0n) is 15.2. The number of Topliss-reactive ketones (excluding diaryl/α,β-unsaturated/α-hetero) is 1. The van der Waals surface area contributed by atoms with E-state index in [-0.39, 0.29) is 18.1 Å². The highest BCUT2D eigenvalue weighted by Crippen LogP contribution is 2.30. The summed E-state index contributed by atoms with van der Waals surface area (Å²) in [7, 11) is 1.30. The Hall–Kier alpha value is -3.15. The highest BCUT2D eigenvalue weighted by molar-refractivity contribution is 6.15. The number of rotatable bonds is 11. The molecule has 0 aromatic heterocycles.